The minimum atomic E-state index is -4.35. The van der Waals surface area contributed by atoms with E-state index in [1.165, 1.54) is 17.4 Å². The van der Waals surface area contributed by atoms with Gasteiger partial charge >= 0.3 is 6.18 Å². The molecule has 0 radical (unpaired) electrons. The number of nitrogens with zero attached hydrogens (tertiary/aromatic N) is 1. The number of aryl methyl sites for hydroxylation is 1. The molecule has 3 nitrogen and oxygen atoms in total. The molecule has 1 saturated carbocycles. The van der Waals surface area contributed by atoms with Crippen LogP contribution >= 0.6 is 11.3 Å². The van der Waals surface area contributed by atoms with Crippen molar-refractivity contribution in [3.05, 3.63) is 51.5 Å². The zero-order valence-corrected chi connectivity index (χ0v) is 13.2. The smallest absolute Gasteiger partial charge is 0.351 e. The lowest BCUT2D eigenvalue weighted by atomic mass is 10.1. The molecular formula is C16H15F3N2OS. The van der Waals surface area contributed by atoms with Crippen molar-refractivity contribution >= 4 is 17.2 Å². The third-order valence-corrected chi connectivity index (χ3v) is 4.97. The first-order valence-corrected chi connectivity index (χ1v) is 8.08. The Kier molecular flexibility index (Phi) is 4.14. The van der Waals surface area contributed by atoms with Crippen molar-refractivity contribution in [3.63, 3.8) is 0 Å². The lowest BCUT2D eigenvalue weighted by Crippen LogP contribution is -2.24. The Hall–Kier alpha value is -1.89. The Bertz CT molecular complexity index is 726. The van der Waals surface area contributed by atoms with E-state index in [4.69, 9.17) is 0 Å². The highest BCUT2D eigenvalue weighted by Crippen LogP contribution is 2.48. The van der Waals surface area contributed by atoms with Gasteiger partial charge in [0.1, 0.15) is 0 Å². The van der Waals surface area contributed by atoms with Crippen LogP contribution in [0.15, 0.2) is 29.8 Å². The van der Waals surface area contributed by atoms with Gasteiger partial charge in [0, 0.05) is 10.8 Å². The molecule has 0 saturated heterocycles. The van der Waals surface area contributed by atoms with Crippen LogP contribution in [-0.2, 0) is 17.5 Å². The molecule has 23 heavy (non-hydrogen) atoms. The molecule has 2 atom stereocenters. The van der Waals surface area contributed by atoms with Crippen LogP contribution in [-0.4, -0.2) is 10.9 Å². The van der Waals surface area contributed by atoms with Gasteiger partial charge in [-0.1, -0.05) is 18.2 Å². The number of carbonyl (C=O) groups is 1. The zero-order chi connectivity index (χ0) is 16.6. The molecule has 0 spiro atoms. The summed E-state index contributed by atoms with van der Waals surface area (Å²) < 4.78 is 38.2. The summed E-state index contributed by atoms with van der Waals surface area (Å²) in [6, 6.07) is 5.24. The molecule has 1 N–H and O–H groups in total. The number of nitrogens with one attached hydrogen (secondary N) is 1. The van der Waals surface area contributed by atoms with Crippen LogP contribution in [0.3, 0.4) is 0 Å². The number of thiazole rings is 1. The molecule has 2 unspecified atom stereocenters. The van der Waals surface area contributed by atoms with Crippen molar-refractivity contribution in [2.75, 3.05) is 0 Å². The summed E-state index contributed by atoms with van der Waals surface area (Å²) in [6.45, 7) is 2.29. The predicted molar refractivity (Wildman–Crippen MR) is 81.0 cm³/mol. The minimum Gasteiger partial charge on any atom is -0.351 e. The fraction of sp³-hybridized carbons (Fsp3) is 0.375. The van der Waals surface area contributed by atoms with Gasteiger partial charge in [0.25, 0.3) is 0 Å². The van der Waals surface area contributed by atoms with E-state index in [1.54, 1.807) is 11.6 Å². The molecule has 1 aliphatic carbocycles. The van der Waals surface area contributed by atoms with Gasteiger partial charge in [-0.3, -0.25) is 4.79 Å². The van der Waals surface area contributed by atoms with Gasteiger partial charge in [0.15, 0.2) is 0 Å². The number of hydrogen-bond acceptors (Lipinski definition) is 3. The van der Waals surface area contributed by atoms with Crippen LogP contribution in [0.2, 0.25) is 0 Å². The zero-order valence-electron chi connectivity index (χ0n) is 12.4. The van der Waals surface area contributed by atoms with E-state index in [0.29, 0.717) is 18.5 Å². The fourth-order valence-corrected chi connectivity index (χ4v) is 3.31. The quantitative estimate of drug-likeness (QED) is 0.917. The molecule has 2 aromatic rings. The SMILES string of the molecule is Cc1ncsc1CNC(=O)C1CC1c1cccc(C(F)(F)F)c1. The van der Waals surface area contributed by atoms with E-state index in [0.717, 1.165) is 22.7 Å². The first-order valence-electron chi connectivity index (χ1n) is 7.20. The van der Waals surface area contributed by atoms with Crippen molar-refractivity contribution in [1.82, 2.24) is 10.3 Å². The molecule has 3 rings (SSSR count). The lowest BCUT2D eigenvalue weighted by Gasteiger charge is -2.08. The van der Waals surface area contributed by atoms with Crippen LogP contribution in [0.4, 0.5) is 13.2 Å². The van der Waals surface area contributed by atoms with Crippen molar-refractivity contribution < 1.29 is 18.0 Å². The second kappa shape index (κ2) is 5.96. The molecular weight excluding hydrogens is 325 g/mol. The first kappa shape index (κ1) is 16.0. The topological polar surface area (TPSA) is 42.0 Å². The van der Waals surface area contributed by atoms with Crippen molar-refractivity contribution in [2.45, 2.75) is 32.0 Å². The van der Waals surface area contributed by atoms with E-state index >= 15 is 0 Å². The molecule has 1 heterocycles. The Morgan fingerprint density at radius 1 is 1.43 bits per heavy atom. The van der Waals surface area contributed by atoms with Gasteiger partial charge in [-0.25, -0.2) is 4.98 Å². The molecule has 7 heteroatoms. The van der Waals surface area contributed by atoms with Crippen LogP contribution in [0.1, 0.15) is 34.0 Å². The van der Waals surface area contributed by atoms with Crippen molar-refractivity contribution in [3.8, 4) is 0 Å². The molecule has 1 aromatic heterocycles. The summed E-state index contributed by atoms with van der Waals surface area (Å²) in [7, 11) is 0. The summed E-state index contributed by atoms with van der Waals surface area (Å²) in [6.07, 6.45) is -3.76. The third-order valence-electron chi connectivity index (χ3n) is 4.04. The highest BCUT2D eigenvalue weighted by Gasteiger charge is 2.44. The Labute approximate surface area is 135 Å². The maximum absolute atomic E-state index is 12.7. The number of rotatable bonds is 4. The summed E-state index contributed by atoms with van der Waals surface area (Å²) in [4.78, 5) is 17.2. The van der Waals surface area contributed by atoms with E-state index in [9.17, 15) is 18.0 Å². The van der Waals surface area contributed by atoms with E-state index in [-0.39, 0.29) is 17.7 Å². The summed E-state index contributed by atoms with van der Waals surface area (Å²) in [5.41, 5.74) is 2.52. The number of aromatic nitrogens is 1. The number of hydrogen-bond donors (Lipinski definition) is 1. The van der Waals surface area contributed by atoms with Gasteiger partial charge < -0.3 is 5.32 Å². The van der Waals surface area contributed by atoms with E-state index < -0.39 is 11.7 Å². The average Bonchev–Trinajstić information content (AvgIpc) is 3.21. The normalized spacial score (nSPS) is 20.3. The summed E-state index contributed by atoms with van der Waals surface area (Å²) in [5.74, 6) is -0.480. The molecule has 1 fully saturated rings. The Morgan fingerprint density at radius 2 is 2.22 bits per heavy atom. The maximum atomic E-state index is 12.7. The Balaban J connectivity index is 1.61. The van der Waals surface area contributed by atoms with Gasteiger partial charge in [0.2, 0.25) is 5.91 Å². The van der Waals surface area contributed by atoms with Crippen molar-refractivity contribution in [2.24, 2.45) is 5.92 Å². The fourth-order valence-electron chi connectivity index (χ4n) is 2.59. The number of alkyl halides is 3. The molecule has 0 aliphatic heterocycles. The van der Waals surface area contributed by atoms with Gasteiger partial charge in [-0.05, 0) is 30.9 Å². The van der Waals surface area contributed by atoms with Crippen LogP contribution in [0, 0.1) is 12.8 Å². The van der Waals surface area contributed by atoms with Gasteiger partial charge in [-0.2, -0.15) is 13.2 Å². The van der Waals surface area contributed by atoms with Gasteiger partial charge in [-0.15, -0.1) is 11.3 Å². The van der Waals surface area contributed by atoms with Gasteiger partial charge in [0.05, 0.1) is 23.3 Å². The monoisotopic (exact) mass is 340 g/mol. The largest absolute Gasteiger partial charge is 0.416 e. The third kappa shape index (κ3) is 3.55. The Morgan fingerprint density at radius 3 is 2.87 bits per heavy atom. The summed E-state index contributed by atoms with van der Waals surface area (Å²) >= 11 is 1.47. The highest BCUT2D eigenvalue weighted by molar-refractivity contribution is 7.09. The number of halogens is 3. The highest BCUT2D eigenvalue weighted by atomic mass is 32.1. The second-order valence-electron chi connectivity index (χ2n) is 5.65. The average molecular weight is 340 g/mol. The van der Waals surface area contributed by atoms with Crippen LogP contribution in [0.5, 0.6) is 0 Å². The second-order valence-corrected chi connectivity index (χ2v) is 6.59. The number of amides is 1. The predicted octanol–water partition coefficient (Wildman–Crippen LogP) is 3.89. The number of carbonyl (C=O) groups excluding carboxylic acids is 1. The van der Waals surface area contributed by atoms with Crippen LogP contribution < -0.4 is 5.32 Å². The molecule has 122 valence electrons. The molecule has 1 amide bonds. The van der Waals surface area contributed by atoms with Crippen molar-refractivity contribution in [1.29, 1.82) is 0 Å². The van der Waals surface area contributed by atoms with E-state index in [2.05, 4.69) is 10.3 Å². The standard InChI is InChI=1S/C16H15F3N2OS/c1-9-14(23-8-21-9)7-20-15(22)13-6-12(13)10-3-2-4-11(5-10)16(17,18)19/h2-5,8,12-13H,6-7H2,1H3,(H,20,22). The summed E-state index contributed by atoms with van der Waals surface area (Å²) in [5, 5.41) is 2.84. The molecule has 0 bridgehead atoms. The number of benzene rings is 1. The first-order chi connectivity index (χ1) is 10.9. The minimum absolute atomic E-state index is 0.111. The maximum Gasteiger partial charge on any atom is 0.416 e. The molecule has 1 aromatic carbocycles. The van der Waals surface area contributed by atoms with Crippen LogP contribution in [0.25, 0.3) is 0 Å². The lowest BCUT2D eigenvalue weighted by molar-refractivity contribution is -0.137. The molecule has 1 aliphatic rings. The van der Waals surface area contributed by atoms with E-state index in [1.807, 2.05) is 6.92 Å².